The molecule has 0 aliphatic rings. The quantitative estimate of drug-likeness (QED) is 0.442. The van der Waals surface area contributed by atoms with E-state index in [4.69, 9.17) is 12.8 Å². The number of carbonyl (C=O) groups is 1. The third kappa shape index (κ3) is 6.63. The van der Waals surface area contributed by atoms with Crippen LogP contribution in [-0.2, 0) is 12.7 Å². The molecule has 0 unspecified atom stereocenters. The van der Waals surface area contributed by atoms with Gasteiger partial charge in [0.05, 0.1) is 29.7 Å². The first-order valence-electron chi connectivity index (χ1n) is 10.8. The van der Waals surface area contributed by atoms with Crippen molar-refractivity contribution >= 4 is 25.5 Å². The highest BCUT2D eigenvalue weighted by Gasteiger charge is 2.33. The number of nitrogens with one attached hydrogen (secondary N) is 2. The largest absolute Gasteiger partial charge is 0.552 e. The summed E-state index contributed by atoms with van der Waals surface area (Å²) in [5.41, 5.74) is 0.501. The van der Waals surface area contributed by atoms with Crippen LogP contribution in [0.5, 0.6) is 11.6 Å². The van der Waals surface area contributed by atoms with Crippen LogP contribution in [0.3, 0.4) is 0 Å². The number of alkyl halides is 3. The third-order valence-electron chi connectivity index (χ3n) is 4.88. The van der Waals surface area contributed by atoms with Crippen LogP contribution >= 0.6 is 0 Å². The van der Waals surface area contributed by atoms with E-state index in [9.17, 15) is 18.0 Å². The summed E-state index contributed by atoms with van der Waals surface area (Å²) in [6, 6.07) is 4.53. The van der Waals surface area contributed by atoms with Gasteiger partial charge in [0.25, 0.3) is 0 Å². The summed E-state index contributed by atoms with van der Waals surface area (Å²) in [5, 5.41) is 4.97. The molecule has 1 aromatic carbocycles. The van der Waals surface area contributed by atoms with Crippen LogP contribution in [0.4, 0.5) is 29.3 Å². The highest BCUT2D eigenvalue weighted by atomic mass is 19.4. The van der Waals surface area contributed by atoms with Gasteiger partial charge < -0.3 is 24.9 Å². The molecule has 0 aliphatic heterocycles. The van der Waals surface area contributed by atoms with Gasteiger partial charge in [-0.25, -0.2) is 19.7 Å². The Balaban J connectivity index is 1.76. The highest BCUT2D eigenvalue weighted by molar-refractivity contribution is 6.00. The normalized spacial score (nSPS) is 11.3. The lowest BCUT2D eigenvalue weighted by atomic mass is 10.1. The van der Waals surface area contributed by atoms with Gasteiger partial charge >= 0.3 is 20.3 Å². The van der Waals surface area contributed by atoms with Crippen molar-refractivity contribution in [1.29, 1.82) is 0 Å². The van der Waals surface area contributed by atoms with Crippen LogP contribution in [-0.4, -0.2) is 54.6 Å². The summed E-state index contributed by atoms with van der Waals surface area (Å²) < 4.78 is 50.7. The average Bonchev–Trinajstić information content (AvgIpc) is 2.80. The van der Waals surface area contributed by atoms with Gasteiger partial charge in [0.2, 0.25) is 5.88 Å². The first kappa shape index (κ1) is 26.7. The summed E-state index contributed by atoms with van der Waals surface area (Å²) in [6.07, 6.45) is -1.73. The molecule has 0 aliphatic carbocycles. The van der Waals surface area contributed by atoms with Gasteiger partial charge in [-0.2, -0.15) is 13.2 Å². The first-order chi connectivity index (χ1) is 17.0. The number of hydrogen-bond acceptors (Lipinski definition) is 7. The predicted octanol–water partition coefficient (Wildman–Crippen LogP) is 4.43. The number of aryl methyl sites for hydroxylation is 1. The van der Waals surface area contributed by atoms with Crippen molar-refractivity contribution < 1.29 is 27.4 Å². The molecule has 2 radical (unpaired) electrons. The number of aromatic nitrogens is 3. The van der Waals surface area contributed by atoms with E-state index in [-0.39, 0.29) is 29.4 Å². The number of pyridine rings is 1. The molecular weight excluding hydrogens is 476 g/mol. The van der Waals surface area contributed by atoms with Gasteiger partial charge in [-0.15, -0.1) is 0 Å². The fourth-order valence-electron chi connectivity index (χ4n) is 3.31. The van der Waals surface area contributed by atoms with Crippen molar-refractivity contribution in [2.24, 2.45) is 0 Å². The number of benzene rings is 1. The number of carbonyl (C=O) groups excluding carboxylic acids is 1. The summed E-state index contributed by atoms with van der Waals surface area (Å²) in [7, 11) is 8.54. The lowest BCUT2D eigenvalue weighted by Crippen LogP contribution is -2.22. The molecule has 13 heteroatoms. The average molecular weight is 500 g/mol. The summed E-state index contributed by atoms with van der Waals surface area (Å²) in [6.45, 7) is 3.91. The Hall–Kier alpha value is -3.87. The van der Waals surface area contributed by atoms with Crippen LogP contribution in [0.2, 0.25) is 0 Å². The molecule has 0 fully saturated rings. The summed E-state index contributed by atoms with van der Waals surface area (Å²) >= 11 is 0. The minimum atomic E-state index is -4.56. The second-order valence-electron chi connectivity index (χ2n) is 7.96. The van der Waals surface area contributed by atoms with Crippen molar-refractivity contribution in [3.8, 4) is 23.0 Å². The zero-order chi connectivity index (χ0) is 26.5. The Morgan fingerprint density at radius 3 is 2.50 bits per heavy atom. The molecule has 2 amide bonds. The van der Waals surface area contributed by atoms with Gasteiger partial charge in [-0.3, -0.25) is 0 Å². The second kappa shape index (κ2) is 11.2. The Labute approximate surface area is 207 Å². The molecule has 0 saturated heterocycles. The van der Waals surface area contributed by atoms with E-state index in [2.05, 4.69) is 30.2 Å². The van der Waals surface area contributed by atoms with Crippen molar-refractivity contribution in [3.05, 3.63) is 53.5 Å². The lowest BCUT2D eigenvalue weighted by Gasteiger charge is -2.18. The molecule has 3 aromatic rings. The van der Waals surface area contributed by atoms with Crippen LogP contribution < -0.4 is 20.0 Å². The molecule has 0 bridgehead atoms. The maximum Gasteiger partial charge on any atom is 0.416 e. The first-order valence-corrected chi connectivity index (χ1v) is 10.8. The van der Waals surface area contributed by atoms with Crippen molar-refractivity contribution in [2.75, 3.05) is 31.3 Å². The molecule has 2 heterocycles. The van der Waals surface area contributed by atoms with E-state index < -0.39 is 17.8 Å². The van der Waals surface area contributed by atoms with Crippen LogP contribution in [0, 0.1) is 6.92 Å². The van der Waals surface area contributed by atoms with E-state index in [0.717, 1.165) is 6.07 Å². The van der Waals surface area contributed by atoms with Crippen molar-refractivity contribution in [1.82, 2.24) is 19.9 Å². The van der Waals surface area contributed by atoms with Crippen molar-refractivity contribution in [3.63, 3.8) is 0 Å². The van der Waals surface area contributed by atoms with Gasteiger partial charge in [0, 0.05) is 24.0 Å². The fraction of sp³-hybridized carbons (Fsp3) is 0.304. The number of rotatable bonds is 8. The molecule has 0 atom stereocenters. The van der Waals surface area contributed by atoms with Gasteiger partial charge in [0.1, 0.15) is 0 Å². The number of hydrogen-bond donors (Lipinski definition) is 2. The Bertz CT molecular complexity index is 1240. The van der Waals surface area contributed by atoms with E-state index in [1.165, 1.54) is 24.5 Å². The Morgan fingerprint density at radius 2 is 1.89 bits per heavy atom. The van der Waals surface area contributed by atoms with E-state index >= 15 is 0 Å². The maximum absolute atomic E-state index is 13.5. The monoisotopic (exact) mass is 500 g/mol. The predicted molar refractivity (Wildman–Crippen MR) is 129 cm³/mol. The molecule has 3 rings (SSSR count). The van der Waals surface area contributed by atoms with E-state index in [1.54, 1.807) is 38.9 Å². The zero-order valence-corrected chi connectivity index (χ0v) is 20.1. The van der Waals surface area contributed by atoms with Gasteiger partial charge in [0.15, 0.2) is 11.6 Å². The number of amides is 2. The topological polar surface area (TPSA) is 102 Å². The second-order valence-corrected chi connectivity index (χ2v) is 7.96. The van der Waals surface area contributed by atoms with Crippen LogP contribution in [0.25, 0.3) is 11.4 Å². The highest BCUT2D eigenvalue weighted by Crippen LogP contribution is 2.34. The molecule has 2 aromatic heterocycles. The lowest BCUT2D eigenvalue weighted by molar-refractivity contribution is -0.138. The number of anilines is 2. The molecule has 2 N–H and O–H groups in total. The molecule has 0 spiro atoms. The molecule has 188 valence electrons. The fourth-order valence-corrected chi connectivity index (χ4v) is 3.31. The summed E-state index contributed by atoms with van der Waals surface area (Å²) in [4.78, 5) is 26.8. The smallest absolute Gasteiger partial charge is 0.416 e. The minimum Gasteiger partial charge on any atom is -0.552 e. The Kier molecular flexibility index (Phi) is 8.35. The number of halogens is 3. The minimum absolute atomic E-state index is 0.00531. The number of nitrogens with zero attached hydrogens (tertiary/aromatic N) is 4. The summed E-state index contributed by atoms with van der Waals surface area (Å²) in [5.74, 6) is 0.729. The molecule has 36 heavy (non-hydrogen) atoms. The zero-order valence-electron chi connectivity index (χ0n) is 20.1. The SMILES string of the molecule is [B]Oc1ncc(-c2ncc(NC(=O)Nc3ccc(CN(C)C)c(C(F)(F)F)c3)c(C)n2)cc1OCC. The number of urea groups is 1. The van der Waals surface area contributed by atoms with E-state index in [1.807, 2.05) is 0 Å². The maximum atomic E-state index is 13.5. The van der Waals surface area contributed by atoms with Gasteiger partial charge in [-0.1, -0.05) is 6.07 Å². The standard InChI is InChI=1S/C23H24BF3N6O3/c1-5-35-19-8-15(10-29-21(19)36-24)20-28-11-18(13(2)30-20)32-22(34)31-16-7-6-14(12-33(3)4)17(9-16)23(25,26)27/h6-11H,5,12H2,1-4H3,(H2,31,32,34). The van der Waals surface area contributed by atoms with E-state index in [0.29, 0.717) is 29.4 Å². The number of ether oxygens (including phenoxy) is 1. The van der Waals surface area contributed by atoms with Crippen molar-refractivity contribution in [2.45, 2.75) is 26.6 Å². The van der Waals surface area contributed by atoms with Crippen LogP contribution in [0.15, 0.2) is 36.7 Å². The Morgan fingerprint density at radius 1 is 1.14 bits per heavy atom. The third-order valence-corrected chi connectivity index (χ3v) is 4.88. The van der Waals surface area contributed by atoms with Gasteiger partial charge in [-0.05, 0) is 51.7 Å². The molecular formula is C23H24BF3N6O3. The molecule has 0 saturated carbocycles. The molecule has 9 nitrogen and oxygen atoms in total. The van der Waals surface area contributed by atoms with Crippen LogP contribution in [0.1, 0.15) is 23.7 Å².